The zero-order chi connectivity index (χ0) is 19.9. The van der Waals surface area contributed by atoms with Gasteiger partial charge >= 0.3 is 6.09 Å². The zero-order valence-electron chi connectivity index (χ0n) is 16.4. The normalized spacial score (nSPS) is 32.3. The number of amides is 3. The van der Waals surface area contributed by atoms with Gasteiger partial charge in [0.2, 0.25) is 11.8 Å². The van der Waals surface area contributed by atoms with Crippen LogP contribution in [0.3, 0.4) is 0 Å². The van der Waals surface area contributed by atoms with E-state index in [1.165, 1.54) is 11.8 Å². The summed E-state index contributed by atoms with van der Waals surface area (Å²) < 4.78 is 5.56. The molecule has 3 amide bonds. The molecule has 3 aliphatic rings. The second-order valence-corrected chi connectivity index (χ2v) is 8.76. The fourth-order valence-electron chi connectivity index (χ4n) is 4.69. The number of likely N-dealkylation sites (tertiary alicyclic amines) is 2. The van der Waals surface area contributed by atoms with Crippen molar-refractivity contribution in [2.75, 3.05) is 6.54 Å². The van der Waals surface area contributed by atoms with Gasteiger partial charge in [0.05, 0.1) is 12.1 Å². The number of hydrogen-bond acceptors (Lipinski definition) is 5. The number of nitrogens with zero attached hydrogens (tertiary/aromatic N) is 3. The molecule has 0 aromatic heterocycles. The van der Waals surface area contributed by atoms with Crippen molar-refractivity contribution in [1.29, 1.82) is 5.26 Å². The summed E-state index contributed by atoms with van der Waals surface area (Å²) in [5, 5.41) is 12.2. The zero-order valence-corrected chi connectivity index (χ0v) is 16.4. The first-order chi connectivity index (χ1) is 12.6. The van der Waals surface area contributed by atoms with Crippen LogP contribution in [0.2, 0.25) is 0 Å². The fourth-order valence-corrected chi connectivity index (χ4v) is 4.69. The molecule has 2 heterocycles. The van der Waals surface area contributed by atoms with Crippen LogP contribution in [0.15, 0.2) is 0 Å². The minimum atomic E-state index is -0.682. The number of carbonyl (C=O) groups is 3. The highest BCUT2D eigenvalue weighted by atomic mass is 16.6. The number of hydrogen-bond donors (Lipinski definition) is 1. The summed E-state index contributed by atoms with van der Waals surface area (Å²) in [6, 6.07) is 0.714. The second-order valence-electron chi connectivity index (χ2n) is 8.76. The average molecular weight is 376 g/mol. The molecule has 2 saturated heterocycles. The molecule has 5 atom stereocenters. The Morgan fingerprint density at radius 1 is 1.22 bits per heavy atom. The number of rotatable bonds is 2. The minimum Gasteiger partial charge on any atom is -0.444 e. The lowest BCUT2D eigenvalue weighted by molar-refractivity contribution is -0.138. The summed E-state index contributed by atoms with van der Waals surface area (Å²) in [5.41, 5.74) is -0.682. The molecule has 3 fully saturated rings. The van der Waals surface area contributed by atoms with Crippen molar-refractivity contribution in [3.05, 3.63) is 0 Å². The van der Waals surface area contributed by atoms with Gasteiger partial charge in [-0.3, -0.25) is 14.5 Å². The Bertz CT molecular complexity index is 680. The second kappa shape index (κ2) is 7.02. The molecule has 1 aliphatic carbocycles. The highest BCUT2D eigenvalue weighted by Crippen LogP contribution is 2.44. The Morgan fingerprint density at radius 3 is 2.52 bits per heavy atom. The van der Waals surface area contributed by atoms with E-state index in [4.69, 9.17) is 4.74 Å². The van der Waals surface area contributed by atoms with E-state index in [-0.39, 0.29) is 29.8 Å². The molecular weight excluding hydrogens is 348 g/mol. The number of nitrogens with one attached hydrogen (secondary N) is 1. The molecule has 0 radical (unpaired) electrons. The molecule has 27 heavy (non-hydrogen) atoms. The van der Waals surface area contributed by atoms with Crippen molar-refractivity contribution in [3.63, 3.8) is 0 Å². The Hall–Kier alpha value is -2.30. The number of fused-ring (bicyclic) bond motifs is 2. The van der Waals surface area contributed by atoms with E-state index in [0.29, 0.717) is 25.8 Å². The summed E-state index contributed by atoms with van der Waals surface area (Å²) in [4.78, 5) is 40.8. The standard InChI is InChI=1S/C19H28N4O4/c1-11(24)21-14-8-12-9-15(14)23(18(26)27-19(2,3)4)16(12)17(25)22-7-5-6-13(22)10-20/h12-16H,5-9H2,1-4H3,(H,21,24)/t12-,13+,14-,15-,16-/m1/s1. The summed E-state index contributed by atoms with van der Waals surface area (Å²) >= 11 is 0. The van der Waals surface area contributed by atoms with E-state index in [1.54, 1.807) is 25.7 Å². The van der Waals surface area contributed by atoms with Crippen LogP contribution in [0.4, 0.5) is 4.79 Å². The van der Waals surface area contributed by atoms with E-state index in [9.17, 15) is 19.6 Å². The largest absolute Gasteiger partial charge is 0.444 e. The van der Waals surface area contributed by atoms with E-state index in [0.717, 1.165) is 6.42 Å². The maximum Gasteiger partial charge on any atom is 0.411 e. The molecule has 148 valence electrons. The molecule has 1 saturated carbocycles. The molecule has 2 aliphatic heterocycles. The van der Waals surface area contributed by atoms with Crippen LogP contribution in [-0.4, -0.2) is 64.0 Å². The molecular formula is C19H28N4O4. The summed E-state index contributed by atoms with van der Waals surface area (Å²) in [5.74, 6) is -0.353. The first kappa shape index (κ1) is 19.5. The van der Waals surface area contributed by atoms with Crippen molar-refractivity contribution in [1.82, 2.24) is 15.1 Å². The number of nitriles is 1. The summed E-state index contributed by atoms with van der Waals surface area (Å²) in [7, 11) is 0. The van der Waals surface area contributed by atoms with Gasteiger partial charge < -0.3 is 15.0 Å². The third-order valence-electron chi connectivity index (χ3n) is 5.60. The third kappa shape index (κ3) is 3.73. The fraction of sp³-hybridized carbons (Fsp3) is 0.789. The van der Waals surface area contributed by atoms with Crippen molar-refractivity contribution in [2.45, 2.75) is 83.1 Å². The number of carbonyl (C=O) groups excluding carboxylic acids is 3. The summed E-state index contributed by atoms with van der Waals surface area (Å²) in [6.45, 7) is 7.35. The SMILES string of the molecule is CC(=O)N[C@@H]1C[C@@H]2C[C@H]1N(C(=O)OC(C)(C)C)[C@H]2C(=O)N1CCC[C@H]1C#N. The third-order valence-corrected chi connectivity index (χ3v) is 5.60. The molecule has 0 aromatic carbocycles. The lowest BCUT2D eigenvalue weighted by atomic mass is 9.95. The maximum atomic E-state index is 13.3. The van der Waals surface area contributed by atoms with Crippen LogP contribution in [0.25, 0.3) is 0 Å². The molecule has 8 heteroatoms. The van der Waals surface area contributed by atoms with Crippen LogP contribution in [0.5, 0.6) is 0 Å². The number of piperidine rings is 1. The van der Waals surface area contributed by atoms with E-state index in [2.05, 4.69) is 11.4 Å². The van der Waals surface area contributed by atoms with Gasteiger partial charge in [-0.25, -0.2) is 4.79 Å². The van der Waals surface area contributed by atoms with E-state index in [1.807, 2.05) is 0 Å². The Morgan fingerprint density at radius 2 is 1.93 bits per heavy atom. The predicted molar refractivity (Wildman–Crippen MR) is 96.3 cm³/mol. The van der Waals surface area contributed by atoms with Gasteiger partial charge in [-0.05, 0) is 52.4 Å². The lowest BCUT2D eigenvalue weighted by Crippen LogP contribution is -2.60. The van der Waals surface area contributed by atoms with Crippen LogP contribution in [0.1, 0.15) is 53.4 Å². The van der Waals surface area contributed by atoms with Gasteiger partial charge in [0, 0.05) is 19.5 Å². The monoisotopic (exact) mass is 376 g/mol. The van der Waals surface area contributed by atoms with E-state index >= 15 is 0 Å². The van der Waals surface area contributed by atoms with Crippen LogP contribution in [-0.2, 0) is 14.3 Å². The van der Waals surface area contributed by atoms with Gasteiger partial charge in [0.15, 0.2) is 0 Å². The van der Waals surface area contributed by atoms with Gasteiger partial charge in [0.1, 0.15) is 17.7 Å². The molecule has 8 nitrogen and oxygen atoms in total. The topological polar surface area (TPSA) is 103 Å². The Kier molecular flexibility index (Phi) is 5.06. The van der Waals surface area contributed by atoms with Crippen molar-refractivity contribution < 1.29 is 19.1 Å². The predicted octanol–water partition coefficient (Wildman–Crippen LogP) is 1.40. The van der Waals surface area contributed by atoms with Crippen molar-refractivity contribution in [2.24, 2.45) is 5.92 Å². The first-order valence-corrected chi connectivity index (χ1v) is 9.61. The Balaban J connectivity index is 1.86. The molecule has 2 bridgehead atoms. The minimum absolute atomic E-state index is 0.0354. The smallest absolute Gasteiger partial charge is 0.411 e. The summed E-state index contributed by atoms with van der Waals surface area (Å²) in [6.07, 6.45) is 2.25. The van der Waals surface area contributed by atoms with Crippen LogP contribution >= 0.6 is 0 Å². The van der Waals surface area contributed by atoms with Gasteiger partial charge in [-0.1, -0.05) is 0 Å². The lowest BCUT2D eigenvalue weighted by Gasteiger charge is -2.40. The van der Waals surface area contributed by atoms with Crippen molar-refractivity contribution in [3.8, 4) is 6.07 Å². The van der Waals surface area contributed by atoms with Gasteiger partial charge in [-0.15, -0.1) is 0 Å². The van der Waals surface area contributed by atoms with Gasteiger partial charge in [0.25, 0.3) is 0 Å². The van der Waals surface area contributed by atoms with Crippen LogP contribution in [0, 0.1) is 17.2 Å². The maximum absolute atomic E-state index is 13.3. The molecule has 3 rings (SSSR count). The van der Waals surface area contributed by atoms with Gasteiger partial charge in [-0.2, -0.15) is 5.26 Å². The van der Waals surface area contributed by atoms with Crippen LogP contribution < -0.4 is 5.32 Å². The molecule has 0 spiro atoms. The molecule has 1 N–H and O–H groups in total. The highest BCUT2D eigenvalue weighted by molar-refractivity contribution is 5.88. The van der Waals surface area contributed by atoms with Crippen molar-refractivity contribution >= 4 is 17.9 Å². The first-order valence-electron chi connectivity index (χ1n) is 9.61. The molecule has 0 unspecified atom stereocenters. The highest BCUT2D eigenvalue weighted by Gasteiger charge is 2.58. The number of ether oxygens (including phenoxy) is 1. The molecule has 0 aromatic rings. The quantitative estimate of drug-likeness (QED) is 0.785. The van der Waals surface area contributed by atoms with E-state index < -0.39 is 23.8 Å². The average Bonchev–Trinajstić information content (AvgIpc) is 3.24. The Labute approximate surface area is 159 Å².